The van der Waals surface area contributed by atoms with E-state index in [0.29, 0.717) is 12.1 Å². The van der Waals surface area contributed by atoms with Crippen molar-refractivity contribution in [1.29, 1.82) is 0 Å². The van der Waals surface area contributed by atoms with E-state index in [1.807, 2.05) is 6.20 Å². The second kappa shape index (κ2) is 3.67. The van der Waals surface area contributed by atoms with E-state index in [2.05, 4.69) is 22.6 Å². The summed E-state index contributed by atoms with van der Waals surface area (Å²) in [6.45, 7) is 4.39. The Bertz CT molecular complexity index is 302. The van der Waals surface area contributed by atoms with Crippen LogP contribution in [0.25, 0.3) is 0 Å². The highest BCUT2D eigenvalue weighted by Gasteiger charge is 2.36. The summed E-state index contributed by atoms with van der Waals surface area (Å²) in [5.74, 6) is 0. The van der Waals surface area contributed by atoms with E-state index in [1.165, 1.54) is 12.8 Å². The summed E-state index contributed by atoms with van der Waals surface area (Å²) in [6, 6.07) is 0. The summed E-state index contributed by atoms with van der Waals surface area (Å²) in [5.41, 5.74) is 6.77. The van der Waals surface area contributed by atoms with Gasteiger partial charge in [-0.2, -0.15) is 0 Å². The molecule has 0 radical (unpaired) electrons. The molecule has 0 bridgehead atoms. The van der Waals surface area contributed by atoms with Gasteiger partial charge in [-0.15, -0.1) is 5.10 Å². The van der Waals surface area contributed by atoms with Crippen molar-refractivity contribution in [3.8, 4) is 0 Å². The normalized spacial score (nSPS) is 18.4. The van der Waals surface area contributed by atoms with Crippen molar-refractivity contribution in [2.75, 3.05) is 6.54 Å². The predicted octanol–water partition coefficient (Wildman–Crippen LogP) is -0.121. The fourth-order valence-corrected chi connectivity index (χ4v) is 1.33. The average molecular weight is 195 g/mol. The van der Waals surface area contributed by atoms with Gasteiger partial charge >= 0.3 is 0 Å². The second-order valence-electron chi connectivity index (χ2n) is 4.18. The van der Waals surface area contributed by atoms with Crippen LogP contribution in [0.5, 0.6) is 0 Å². The molecule has 1 heterocycles. The van der Waals surface area contributed by atoms with Crippen molar-refractivity contribution in [1.82, 2.24) is 20.3 Å². The summed E-state index contributed by atoms with van der Waals surface area (Å²) in [5, 5.41) is 11.5. The van der Waals surface area contributed by atoms with E-state index in [-0.39, 0.29) is 0 Å². The molecule has 1 aliphatic carbocycles. The Morgan fingerprint density at radius 3 is 3.07 bits per heavy atom. The fraction of sp³-hybridized carbons (Fsp3) is 0.778. The molecule has 1 fully saturated rings. The lowest BCUT2D eigenvalue weighted by atomic mass is 10.3. The molecule has 78 valence electrons. The fourth-order valence-electron chi connectivity index (χ4n) is 1.33. The maximum atomic E-state index is 5.42. The molecule has 1 saturated carbocycles. The first-order valence-corrected chi connectivity index (χ1v) is 5.06. The molecule has 1 aromatic rings. The minimum atomic E-state index is 0.359. The second-order valence-corrected chi connectivity index (χ2v) is 4.18. The highest BCUT2D eigenvalue weighted by atomic mass is 15.4. The predicted molar refractivity (Wildman–Crippen MR) is 53.6 cm³/mol. The van der Waals surface area contributed by atoms with Gasteiger partial charge in [-0.3, -0.25) is 4.68 Å². The monoisotopic (exact) mass is 195 g/mol. The molecule has 3 N–H and O–H groups in total. The minimum Gasteiger partial charge on any atom is -0.329 e. The third-order valence-electron chi connectivity index (χ3n) is 2.64. The number of rotatable bonds is 5. The van der Waals surface area contributed by atoms with E-state index < -0.39 is 0 Å². The molecule has 0 unspecified atom stereocenters. The van der Waals surface area contributed by atoms with Gasteiger partial charge in [-0.25, -0.2) is 0 Å². The van der Waals surface area contributed by atoms with Gasteiger partial charge in [-0.1, -0.05) is 5.21 Å². The first-order valence-electron chi connectivity index (χ1n) is 5.06. The minimum absolute atomic E-state index is 0.359. The van der Waals surface area contributed by atoms with Gasteiger partial charge in [0.1, 0.15) is 0 Å². The highest BCUT2D eigenvalue weighted by Crippen LogP contribution is 2.34. The van der Waals surface area contributed by atoms with Crippen LogP contribution < -0.4 is 11.1 Å². The molecule has 14 heavy (non-hydrogen) atoms. The van der Waals surface area contributed by atoms with Crippen molar-refractivity contribution in [2.24, 2.45) is 5.73 Å². The Kier molecular flexibility index (Phi) is 2.52. The summed E-state index contributed by atoms with van der Waals surface area (Å²) >= 11 is 0. The maximum absolute atomic E-state index is 5.42. The van der Waals surface area contributed by atoms with Crippen LogP contribution in [-0.2, 0) is 13.1 Å². The molecule has 0 amide bonds. The van der Waals surface area contributed by atoms with Crippen molar-refractivity contribution in [2.45, 2.75) is 38.4 Å². The van der Waals surface area contributed by atoms with Crippen molar-refractivity contribution < 1.29 is 0 Å². The van der Waals surface area contributed by atoms with E-state index in [4.69, 9.17) is 5.73 Å². The molecule has 0 saturated heterocycles. The zero-order valence-corrected chi connectivity index (χ0v) is 8.53. The Hall–Kier alpha value is -0.940. The van der Waals surface area contributed by atoms with Crippen LogP contribution in [0, 0.1) is 0 Å². The average Bonchev–Trinajstić information content (AvgIpc) is 2.74. The standard InChI is InChI=1S/C9H17N5/c1-9(2-3-9)11-6-8-7-14(5-4-10)13-12-8/h7,11H,2-6,10H2,1H3. The van der Waals surface area contributed by atoms with E-state index >= 15 is 0 Å². The molecular weight excluding hydrogens is 178 g/mol. The number of nitrogens with two attached hydrogens (primary N) is 1. The largest absolute Gasteiger partial charge is 0.329 e. The van der Waals surface area contributed by atoms with Gasteiger partial charge in [-0.05, 0) is 19.8 Å². The first-order chi connectivity index (χ1) is 6.72. The Morgan fingerprint density at radius 2 is 2.43 bits per heavy atom. The molecule has 0 aromatic carbocycles. The maximum Gasteiger partial charge on any atom is 0.0965 e. The van der Waals surface area contributed by atoms with Gasteiger partial charge in [0.2, 0.25) is 0 Å². The molecule has 2 rings (SSSR count). The van der Waals surface area contributed by atoms with Gasteiger partial charge in [0.05, 0.1) is 12.2 Å². The van der Waals surface area contributed by atoms with Gasteiger partial charge < -0.3 is 11.1 Å². The molecule has 0 atom stereocenters. The molecule has 5 heteroatoms. The smallest absolute Gasteiger partial charge is 0.0965 e. The lowest BCUT2D eigenvalue weighted by Gasteiger charge is -2.08. The first kappa shape index (κ1) is 9.61. The zero-order chi connectivity index (χ0) is 10.0. The molecule has 1 aliphatic rings. The lowest BCUT2D eigenvalue weighted by molar-refractivity contribution is 0.531. The number of aromatic nitrogens is 3. The van der Waals surface area contributed by atoms with Crippen molar-refractivity contribution >= 4 is 0 Å². The summed E-state index contributed by atoms with van der Waals surface area (Å²) < 4.78 is 1.78. The van der Waals surface area contributed by atoms with Crippen LogP contribution in [0.1, 0.15) is 25.5 Å². The quantitative estimate of drug-likeness (QED) is 0.687. The Labute approximate surface area is 83.7 Å². The third kappa shape index (κ3) is 2.30. The van der Waals surface area contributed by atoms with Crippen molar-refractivity contribution in [3.05, 3.63) is 11.9 Å². The molecule has 5 nitrogen and oxygen atoms in total. The van der Waals surface area contributed by atoms with E-state index in [0.717, 1.165) is 18.8 Å². The van der Waals surface area contributed by atoms with Gasteiger partial charge in [0.25, 0.3) is 0 Å². The topological polar surface area (TPSA) is 68.8 Å². The number of nitrogens with one attached hydrogen (secondary N) is 1. The van der Waals surface area contributed by atoms with Crippen LogP contribution in [0.3, 0.4) is 0 Å². The number of nitrogens with zero attached hydrogens (tertiary/aromatic N) is 3. The third-order valence-corrected chi connectivity index (χ3v) is 2.64. The van der Waals surface area contributed by atoms with Gasteiger partial charge in [0, 0.05) is 24.8 Å². The summed E-state index contributed by atoms with van der Waals surface area (Å²) in [7, 11) is 0. The number of hydrogen-bond donors (Lipinski definition) is 2. The zero-order valence-electron chi connectivity index (χ0n) is 8.53. The summed E-state index contributed by atoms with van der Waals surface area (Å²) in [6.07, 6.45) is 4.49. The van der Waals surface area contributed by atoms with Gasteiger partial charge in [0.15, 0.2) is 0 Å². The summed E-state index contributed by atoms with van der Waals surface area (Å²) in [4.78, 5) is 0. The van der Waals surface area contributed by atoms with E-state index in [9.17, 15) is 0 Å². The Balaban J connectivity index is 1.83. The highest BCUT2D eigenvalue weighted by molar-refractivity contribution is 5.01. The van der Waals surface area contributed by atoms with Crippen LogP contribution >= 0.6 is 0 Å². The van der Waals surface area contributed by atoms with Crippen LogP contribution in [-0.4, -0.2) is 27.1 Å². The van der Waals surface area contributed by atoms with Crippen LogP contribution in [0.4, 0.5) is 0 Å². The molecule has 0 spiro atoms. The SMILES string of the molecule is CC1(NCc2cn(CCN)nn2)CC1. The molecule has 0 aliphatic heterocycles. The lowest BCUT2D eigenvalue weighted by Crippen LogP contribution is -2.27. The van der Waals surface area contributed by atoms with Crippen LogP contribution in [0.15, 0.2) is 6.20 Å². The Morgan fingerprint density at radius 1 is 1.64 bits per heavy atom. The molecule has 1 aromatic heterocycles. The number of hydrogen-bond acceptors (Lipinski definition) is 4. The van der Waals surface area contributed by atoms with Crippen LogP contribution in [0.2, 0.25) is 0 Å². The van der Waals surface area contributed by atoms with E-state index in [1.54, 1.807) is 4.68 Å². The van der Waals surface area contributed by atoms with Crippen molar-refractivity contribution in [3.63, 3.8) is 0 Å². The molecular formula is C9H17N5.